The SMILES string of the molecule is COC(=O)CCN(CCCn1ccnc1)C(=O)CCOc1ccccc1. The van der Waals surface area contributed by atoms with E-state index < -0.39 is 0 Å². The number of rotatable bonds is 11. The molecule has 2 rings (SSSR count). The Bertz CT molecular complexity index is 659. The summed E-state index contributed by atoms with van der Waals surface area (Å²) >= 11 is 0. The first-order chi connectivity index (χ1) is 12.7. The molecule has 7 heteroatoms. The number of aromatic nitrogens is 2. The first-order valence-corrected chi connectivity index (χ1v) is 8.67. The summed E-state index contributed by atoms with van der Waals surface area (Å²) in [7, 11) is 1.35. The largest absolute Gasteiger partial charge is 0.493 e. The maximum atomic E-state index is 12.5. The first-order valence-electron chi connectivity index (χ1n) is 8.67. The molecule has 0 fully saturated rings. The van der Waals surface area contributed by atoms with Gasteiger partial charge in [-0.1, -0.05) is 18.2 Å². The fraction of sp³-hybridized carbons (Fsp3) is 0.421. The summed E-state index contributed by atoms with van der Waals surface area (Å²) in [5, 5.41) is 0. The van der Waals surface area contributed by atoms with Crippen LogP contribution in [0.1, 0.15) is 19.3 Å². The van der Waals surface area contributed by atoms with Crippen molar-refractivity contribution in [3.05, 3.63) is 49.1 Å². The monoisotopic (exact) mass is 359 g/mol. The van der Waals surface area contributed by atoms with Crippen molar-refractivity contribution in [2.75, 3.05) is 26.8 Å². The predicted molar refractivity (Wildman–Crippen MR) is 96.6 cm³/mol. The van der Waals surface area contributed by atoms with Crippen LogP contribution in [0, 0.1) is 0 Å². The van der Waals surface area contributed by atoms with E-state index in [1.54, 1.807) is 17.4 Å². The molecule has 1 aromatic carbocycles. The molecule has 0 atom stereocenters. The molecule has 0 radical (unpaired) electrons. The van der Waals surface area contributed by atoms with Gasteiger partial charge in [-0.25, -0.2) is 4.98 Å². The number of methoxy groups -OCH3 is 1. The highest BCUT2D eigenvalue weighted by molar-refractivity contribution is 5.77. The summed E-state index contributed by atoms with van der Waals surface area (Å²) < 4.78 is 12.2. The van der Waals surface area contributed by atoms with Crippen molar-refractivity contribution in [1.29, 1.82) is 0 Å². The van der Waals surface area contributed by atoms with Crippen LogP contribution in [-0.4, -0.2) is 53.1 Å². The number of carbonyl (C=O) groups is 2. The molecule has 1 heterocycles. The van der Waals surface area contributed by atoms with E-state index in [-0.39, 0.29) is 24.7 Å². The van der Waals surface area contributed by atoms with Crippen LogP contribution in [0.15, 0.2) is 49.1 Å². The zero-order chi connectivity index (χ0) is 18.6. The molecule has 0 bridgehead atoms. The van der Waals surface area contributed by atoms with Gasteiger partial charge in [0.2, 0.25) is 5.91 Å². The number of amides is 1. The smallest absolute Gasteiger partial charge is 0.307 e. The van der Waals surface area contributed by atoms with Crippen LogP contribution in [0.3, 0.4) is 0 Å². The van der Waals surface area contributed by atoms with Crippen molar-refractivity contribution in [1.82, 2.24) is 14.5 Å². The number of benzene rings is 1. The molecule has 140 valence electrons. The molecule has 26 heavy (non-hydrogen) atoms. The molecule has 0 saturated heterocycles. The van der Waals surface area contributed by atoms with Crippen molar-refractivity contribution in [2.24, 2.45) is 0 Å². The number of nitrogens with zero attached hydrogens (tertiary/aromatic N) is 3. The Morgan fingerprint density at radius 2 is 1.96 bits per heavy atom. The Balaban J connectivity index is 1.79. The molecular formula is C19H25N3O4. The van der Waals surface area contributed by atoms with Crippen LogP contribution in [0.5, 0.6) is 5.75 Å². The Hall–Kier alpha value is -2.83. The number of ether oxygens (including phenoxy) is 2. The summed E-state index contributed by atoms with van der Waals surface area (Å²) in [6.45, 7) is 1.99. The fourth-order valence-electron chi connectivity index (χ4n) is 2.48. The summed E-state index contributed by atoms with van der Waals surface area (Å²) in [5.74, 6) is 0.384. The summed E-state index contributed by atoms with van der Waals surface area (Å²) in [6, 6.07) is 9.38. The number of aryl methyl sites for hydroxylation is 1. The van der Waals surface area contributed by atoms with E-state index in [0.29, 0.717) is 19.7 Å². The lowest BCUT2D eigenvalue weighted by Gasteiger charge is -2.22. The third-order valence-corrected chi connectivity index (χ3v) is 3.90. The Labute approximate surface area is 153 Å². The van der Waals surface area contributed by atoms with Crippen molar-refractivity contribution in [2.45, 2.75) is 25.8 Å². The molecule has 2 aromatic rings. The van der Waals surface area contributed by atoms with Gasteiger partial charge >= 0.3 is 5.97 Å². The summed E-state index contributed by atoms with van der Waals surface area (Å²) in [5.41, 5.74) is 0. The van der Waals surface area contributed by atoms with Gasteiger partial charge in [-0.2, -0.15) is 0 Å². The molecule has 0 aliphatic rings. The summed E-state index contributed by atoms with van der Waals surface area (Å²) in [4.78, 5) is 29.6. The Kier molecular flexibility index (Phi) is 8.18. The second-order valence-corrected chi connectivity index (χ2v) is 5.77. The van der Waals surface area contributed by atoms with Crippen LogP contribution in [0.2, 0.25) is 0 Å². The van der Waals surface area contributed by atoms with Gasteiger partial charge in [0.25, 0.3) is 0 Å². The first kappa shape index (κ1) is 19.5. The van der Waals surface area contributed by atoms with Gasteiger partial charge in [-0.3, -0.25) is 9.59 Å². The van der Waals surface area contributed by atoms with Crippen LogP contribution in [-0.2, 0) is 20.9 Å². The molecule has 0 aliphatic carbocycles. The minimum absolute atomic E-state index is 0.0320. The van der Waals surface area contributed by atoms with Crippen molar-refractivity contribution in [3.8, 4) is 5.75 Å². The number of hydrogen-bond acceptors (Lipinski definition) is 5. The minimum Gasteiger partial charge on any atom is -0.493 e. The average molecular weight is 359 g/mol. The number of hydrogen-bond donors (Lipinski definition) is 0. The molecule has 7 nitrogen and oxygen atoms in total. The van der Waals surface area contributed by atoms with Crippen molar-refractivity contribution < 1.29 is 19.1 Å². The van der Waals surface area contributed by atoms with Gasteiger partial charge in [0.1, 0.15) is 5.75 Å². The molecular weight excluding hydrogens is 334 g/mol. The second-order valence-electron chi connectivity index (χ2n) is 5.77. The second kappa shape index (κ2) is 10.9. The van der Waals surface area contributed by atoms with Gasteiger partial charge in [0.05, 0.1) is 32.9 Å². The predicted octanol–water partition coefficient (Wildman–Crippen LogP) is 2.13. The van der Waals surface area contributed by atoms with Gasteiger partial charge in [0, 0.05) is 32.0 Å². The van der Waals surface area contributed by atoms with Crippen LogP contribution >= 0.6 is 0 Å². The Morgan fingerprint density at radius 3 is 2.65 bits per heavy atom. The van der Waals surface area contributed by atoms with Gasteiger partial charge in [-0.05, 0) is 18.6 Å². The number of imidazole rings is 1. The van der Waals surface area contributed by atoms with E-state index in [1.165, 1.54) is 7.11 Å². The third-order valence-electron chi connectivity index (χ3n) is 3.90. The van der Waals surface area contributed by atoms with Crippen molar-refractivity contribution in [3.63, 3.8) is 0 Å². The highest BCUT2D eigenvalue weighted by Crippen LogP contribution is 2.09. The minimum atomic E-state index is -0.321. The highest BCUT2D eigenvalue weighted by Gasteiger charge is 2.15. The molecule has 0 N–H and O–H groups in total. The van der Waals surface area contributed by atoms with Crippen LogP contribution in [0.4, 0.5) is 0 Å². The topological polar surface area (TPSA) is 73.7 Å². The Morgan fingerprint density at radius 1 is 1.15 bits per heavy atom. The van der Waals surface area contributed by atoms with Crippen molar-refractivity contribution >= 4 is 11.9 Å². The maximum Gasteiger partial charge on any atom is 0.307 e. The molecule has 1 amide bonds. The normalized spacial score (nSPS) is 10.3. The zero-order valence-electron chi connectivity index (χ0n) is 15.0. The molecule has 1 aromatic heterocycles. The average Bonchev–Trinajstić information content (AvgIpc) is 3.18. The van der Waals surface area contributed by atoms with E-state index >= 15 is 0 Å². The van der Waals surface area contributed by atoms with E-state index in [1.807, 2.05) is 41.1 Å². The molecule has 0 aliphatic heterocycles. The number of esters is 1. The van der Waals surface area contributed by atoms with E-state index in [4.69, 9.17) is 4.74 Å². The maximum absolute atomic E-state index is 12.5. The quantitative estimate of drug-likeness (QED) is 0.575. The van der Waals surface area contributed by atoms with Crippen LogP contribution < -0.4 is 4.74 Å². The van der Waals surface area contributed by atoms with Gasteiger partial charge < -0.3 is 18.9 Å². The third kappa shape index (κ3) is 6.96. The number of para-hydroxylation sites is 1. The molecule has 0 spiro atoms. The van der Waals surface area contributed by atoms with Gasteiger partial charge in [-0.15, -0.1) is 0 Å². The lowest BCUT2D eigenvalue weighted by Crippen LogP contribution is -2.35. The fourth-order valence-corrected chi connectivity index (χ4v) is 2.48. The van der Waals surface area contributed by atoms with E-state index in [0.717, 1.165) is 18.7 Å². The highest BCUT2D eigenvalue weighted by atomic mass is 16.5. The lowest BCUT2D eigenvalue weighted by molar-refractivity contribution is -0.141. The van der Waals surface area contributed by atoms with Crippen LogP contribution in [0.25, 0.3) is 0 Å². The van der Waals surface area contributed by atoms with E-state index in [9.17, 15) is 9.59 Å². The van der Waals surface area contributed by atoms with Gasteiger partial charge in [0.15, 0.2) is 0 Å². The standard InChI is InChI=1S/C19H25N3O4/c1-25-19(24)8-13-22(12-5-11-21-14-10-20-16-21)18(23)9-15-26-17-6-3-2-4-7-17/h2-4,6-7,10,14,16H,5,8-9,11-13,15H2,1H3. The lowest BCUT2D eigenvalue weighted by atomic mass is 10.3. The summed E-state index contributed by atoms with van der Waals surface area (Å²) in [6.07, 6.45) is 6.58. The zero-order valence-corrected chi connectivity index (χ0v) is 15.0. The number of carbonyl (C=O) groups excluding carboxylic acids is 2. The van der Waals surface area contributed by atoms with E-state index in [2.05, 4.69) is 9.72 Å². The molecule has 0 saturated carbocycles. The molecule has 0 unspecified atom stereocenters.